The first kappa shape index (κ1) is 40.8. The molecule has 0 unspecified atom stereocenters. The Balaban J connectivity index is 0.00000302. The molecule has 14 nitrogen and oxygen atoms in total. The van der Waals surface area contributed by atoms with Crippen molar-refractivity contribution in [3.63, 3.8) is 0 Å². The molecular weight excluding hydrogens is 735 g/mol. The summed E-state index contributed by atoms with van der Waals surface area (Å²) in [5.74, 6) is -2.24. The minimum Gasteiger partial charge on any atom is -0.871 e. The van der Waals surface area contributed by atoms with Crippen LogP contribution in [0.25, 0.3) is 21.5 Å². The molecule has 0 aliphatic rings. The standard InChI is InChI=1S/C34H26N4O10S2.2Na/c1-18-2-7-24(36-38-34-28(40)11-6-21-15-26(50(46,47)48)17-30(42)32(21)34)13-22(18)12-19-3-8-23(9-4-19)35-37-33-27(39)10-5-20-14-25(49(43,44)45)16-29(41)31(20)33;;/h2-11,13-17,39-42H,12H2,1H3,(H,43,44,45)(H,46,47,48);;/q;2*+1/p-2. The average Bonchev–Trinajstić information content (AvgIpc) is 3.05. The van der Waals surface area contributed by atoms with Gasteiger partial charge >= 0.3 is 59.1 Å². The molecule has 0 aromatic heterocycles. The molecule has 6 aromatic rings. The molecule has 0 aliphatic carbocycles. The van der Waals surface area contributed by atoms with Gasteiger partial charge in [0.25, 0.3) is 20.2 Å². The van der Waals surface area contributed by atoms with Crippen molar-refractivity contribution in [3.05, 3.63) is 108 Å². The second kappa shape index (κ2) is 16.0. The van der Waals surface area contributed by atoms with Gasteiger partial charge in [-0.3, -0.25) is 9.11 Å². The Hall–Kier alpha value is -3.94. The van der Waals surface area contributed by atoms with Crippen LogP contribution < -0.4 is 69.3 Å². The van der Waals surface area contributed by atoms with Gasteiger partial charge in [-0.1, -0.05) is 54.0 Å². The summed E-state index contributed by atoms with van der Waals surface area (Å²) in [5.41, 5.74) is 3.06. The predicted octanol–water partition coefficient (Wildman–Crippen LogP) is 0.783. The van der Waals surface area contributed by atoms with Crippen LogP contribution in [0.15, 0.2) is 121 Å². The molecule has 6 aromatic carbocycles. The molecule has 0 spiro atoms. The summed E-state index contributed by atoms with van der Waals surface area (Å²) in [5, 5.41) is 62.9. The number of rotatable bonds is 8. The summed E-state index contributed by atoms with van der Waals surface area (Å²) in [6, 6.07) is 21.0. The summed E-state index contributed by atoms with van der Waals surface area (Å²) in [4.78, 5) is -1.08. The van der Waals surface area contributed by atoms with Crippen molar-refractivity contribution in [2.75, 3.05) is 0 Å². The number of hydrogen-bond donors (Lipinski definition) is 4. The van der Waals surface area contributed by atoms with Crippen LogP contribution in [0, 0.1) is 6.92 Å². The minimum atomic E-state index is -4.61. The van der Waals surface area contributed by atoms with E-state index >= 15 is 0 Å². The van der Waals surface area contributed by atoms with Crippen molar-refractivity contribution in [3.8, 4) is 23.0 Å². The maximum Gasteiger partial charge on any atom is 1.00 e. The smallest absolute Gasteiger partial charge is 0.871 e. The van der Waals surface area contributed by atoms with Crippen molar-refractivity contribution in [1.29, 1.82) is 0 Å². The maximum absolute atomic E-state index is 12.6. The Kier molecular flexibility index (Phi) is 12.5. The van der Waals surface area contributed by atoms with Crippen molar-refractivity contribution >= 4 is 64.5 Å². The molecule has 0 heterocycles. The van der Waals surface area contributed by atoms with E-state index in [1.807, 2.05) is 13.0 Å². The van der Waals surface area contributed by atoms with E-state index in [-0.39, 0.29) is 92.0 Å². The van der Waals surface area contributed by atoms with Crippen LogP contribution in [0.2, 0.25) is 0 Å². The number of azo groups is 2. The Morgan fingerprint density at radius 1 is 0.577 bits per heavy atom. The second-order valence-electron chi connectivity index (χ2n) is 11.2. The topological polar surface area (TPSA) is 245 Å². The number of aromatic hydroxyl groups is 2. The van der Waals surface area contributed by atoms with Crippen molar-refractivity contribution in [1.82, 2.24) is 0 Å². The summed E-state index contributed by atoms with van der Waals surface area (Å²) in [7, 11) is -9.21. The quantitative estimate of drug-likeness (QED) is 0.0966. The number of aryl methyl sites for hydroxylation is 1. The summed E-state index contributed by atoms with van der Waals surface area (Å²) < 4.78 is 64.9. The molecule has 0 bridgehead atoms. The molecule has 254 valence electrons. The van der Waals surface area contributed by atoms with E-state index in [0.29, 0.717) is 17.8 Å². The Labute approximate surface area is 341 Å². The Morgan fingerprint density at radius 2 is 1.02 bits per heavy atom. The van der Waals surface area contributed by atoms with Crippen LogP contribution in [-0.2, 0) is 26.7 Å². The number of nitrogens with zero attached hydrogens (tertiary/aromatic N) is 4. The first-order valence-electron chi connectivity index (χ1n) is 14.5. The number of phenolic OH excluding ortho intramolecular Hbond substituents is 2. The SMILES string of the molecule is Cc1ccc(N=Nc2c([O-])ccc3cc(S(=O)(=O)O)cc(O)c23)cc1Cc1ccc(N=Nc2c([O-])ccc3cc(S(=O)(=O)O)cc(O)c23)cc1.[Na+].[Na+]. The van der Waals surface area contributed by atoms with Gasteiger partial charge in [-0.25, -0.2) is 0 Å². The van der Waals surface area contributed by atoms with Gasteiger partial charge in [-0.2, -0.15) is 37.3 Å². The first-order chi connectivity index (χ1) is 23.6. The number of phenols is 2. The summed E-state index contributed by atoms with van der Waals surface area (Å²) in [6.07, 6.45) is 0.463. The molecular formula is C34H24N4Na2O10S2. The Morgan fingerprint density at radius 3 is 1.48 bits per heavy atom. The van der Waals surface area contributed by atoms with Crippen LogP contribution in [0.4, 0.5) is 22.7 Å². The van der Waals surface area contributed by atoms with E-state index in [1.54, 1.807) is 36.4 Å². The van der Waals surface area contributed by atoms with Crippen molar-refractivity contribution in [2.24, 2.45) is 20.5 Å². The van der Waals surface area contributed by atoms with E-state index in [1.165, 1.54) is 12.1 Å². The van der Waals surface area contributed by atoms with Gasteiger partial charge in [0, 0.05) is 12.1 Å². The third-order valence-corrected chi connectivity index (χ3v) is 9.47. The normalized spacial score (nSPS) is 12.0. The van der Waals surface area contributed by atoms with E-state index in [0.717, 1.165) is 53.1 Å². The maximum atomic E-state index is 12.6. The van der Waals surface area contributed by atoms with Crippen molar-refractivity contribution < 1.29 is 105 Å². The first-order valence-corrected chi connectivity index (χ1v) is 17.4. The van der Waals surface area contributed by atoms with Gasteiger partial charge in [-0.05, 0) is 77.2 Å². The second-order valence-corrected chi connectivity index (χ2v) is 14.1. The fourth-order valence-electron chi connectivity index (χ4n) is 5.28. The van der Waals surface area contributed by atoms with E-state index < -0.39 is 53.0 Å². The molecule has 0 saturated heterocycles. The summed E-state index contributed by atoms with van der Waals surface area (Å²) >= 11 is 0. The van der Waals surface area contributed by atoms with Gasteiger partial charge in [0.05, 0.1) is 43.3 Å². The van der Waals surface area contributed by atoms with Crippen LogP contribution in [0.1, 0.15) is 16.7 Å². The van der Waals surface area contributed by atoms with Crippen LogP contribution in [0.3, 0.4) is 0 Å². The van der Waals surface area contributed by atoms with Gasteiger partial charge in [0.2, 0.25) is 0 Å². The minimum absolute atomic E-state index is 0. The molecule has 0 fully saturated rings. The van der Waals surface area contributed by atoms with Crippen molar-refractivity contribution in [2.45, 2.75) is 23.1 Å². The molecule has 0 radical (unpaired) electrons. The monoisotopic (exact) mass is 758 g/mol. The molecule has 18 heteroatoms. The van der Waals surface area contributed by atoms with Crippen LogP contribution in [-0.4, -0.2) is 36.2 Å². The van der Waals surface area contributed by atoms with Gasteiger partial charge < -0.3 is 20.4 Å². The summed E-state index contributed by atoms with van der Waals surface area (Å²) in [6.45, 7) is 1.91. The molecule has 52 heavy (non-hydrogen) atoms. The predicted molar refractivity (Wildman–Crippen MR) is 179 cm³/mol. The number of benzene rings is 6. The van der Waals surface area contributed by atoms with Gasteiger partial charge in [0.1, 0.15) is 11.5 Å². The molecule has 4 N–H and O–H groups in total. The molecule has 0 aliphatic heterocycles. The molecule has 0 amide bonds. The number of fused-ring (bicyclic) bond motifs is 2. The van der Waals surface area contributed by atoms with Crippen LogP contribution in [0.5, 0.6) is 23.0 Å². The Bertz CT molecular complexity index is 2640. The van der Waals surface area contributed by atoms with Gasteiger partial charge in [-0.15, -0.1) is 0 Å². The largest absolute Gasteiger partial charge is 1.00 e. The van der Waals surface area contributed by atoms with Gasteiger partial charge in [0.15, 0.2) is 0 Å². The number of hydrogen-bond acceptors (Lipinski definition) is 12. The zero-order valence-electron chi connectivity index (χ0n) is 27.7. The van der Waals surface area contributed by atoms with E-state index in [4.69, 9.17) is 0 Å². The average molecular weight is 759 g/mol. The molecule has 6 rings (SSSR count). The zero-order chi connectivity index (χ0) is 36.0. The fraction of sp³-hybridized carbons (Fsp3) is 0.0588. The van der Waals surface area contributed by atoms with Crippen LogP contribution >= 0.6 is 0 Å². The fourth-order valence-corrected chi connectivity index (χ4v) is 6.35. The third kappa shape index (κ3) is 8.80. The third-order valence-electron chi connectivity index (χ3n) is 7.80. The molecule has 0 saturated carbocycles. The zero-order valence-corrected chi connectivity index (χ0v) is 33.3. The molecule has 0 atom stereocenters. The van der Waals surface area contributed by atoms with E-state index in [9.17, 15) is 46.4 Å². The van der Waals surface area contributed by atoms with E-state index in [2.05, 4.69) is 20.5 Å².